The third kappa shape index (κ3) is 3.15. The predicted molar refractivity (Wildman–Crippen MR) is 99.5 cm³/mol. The maximum atomic E-state index is 11.9. The van der Waals surface area contributed by atoms with Crippen LogP contribution in [0, 0.1) is 6.92 Å². The topological polar surface area (TPSA) is 89.1 Å². The number of carbonyl (C=O) groups excluding carboxylic acids is 1. The molecular formula is C18H18N4O3S. The first-order valence-corrected chi connectivity index (χ1v) is 9.24. The van der Waals surface area contributed by atoms with Gasteiger partial charge in [-0.3, -0.25) is 10.1 Å². The summed E-state index contributed by atoms with van der Waals surface area (Å²) in [6.07, 6.45) is 1.23. The Hall–Kier alpha value is -2.87. The fourth-order valence-corrected chi connectivity index (χ4v) is 3.53. The van der Waals surface area contributed by atoms with Gasteiger partial charge in [-0.15, -0.1) is 11.3 Å². The molecule has 0 saturated carbocycles. The highest BCUT2D eigenvalue weighted by molar-refractivity contribution is 7.13. The van der Waals surface area contributed by atoms with Crippen molar-refractivity contribution in [2.24, 2.45) is 0 Å². The highest BCUT2D eigenvalue weighted by Gasteiger charge is 2.20. The third-order valence-corrected chi connectivity index (χ3v) is 4.90. The van der Waals surface area contributed by atoms with Gasteiger partial charge in [0, 0.05) is 23.1 Å². The average Bonchev–Trinajstić information content (AvgIpc) is 3.33. The lowest BCUT2D eigenvalue weighted by molar-refractivity contribution is -0.116. The van der Waals surface area contributed by atoms with E-state index in [1.54, 1.807) is 0 Å². The van der Waals surface area contributed by atoms with Gasteiger partial charge in [-0.25, -0.2) is 9.97 Å². The molecule has 0 aliphatic carbocycles. The number of aromatic amines is 1. The molecule has 0 atom stereocenters. The first-order valence-electron chi connectivity index (χ1n) is 8.36. The van der Waals surface area contributed by atoms with Gasteiger partial charge in [0.2, 0.25) is 18.6 Å². The Kier molecular flexibility index (Phi) is 4.34. The summed E-state index contributed by atoms with van der Waals surface area (Å²) in [4.78, 5) is 24.3. The summed E-state index contributed by atoms with van der Waals surface area (Å²) in [5.74, 6) is 1.75. The van der Waals surface area contributed by atoms with E-state index in [-0.39, 0.29) is 12.7 Å². The van der Waals surface area contributed by atoms with Crippen LogP contribution in [0.15, 0.2) is 23.6 Å². The molecule has 4 rings (SSSR count). The highest BCUT2D eigenvalue weighted by atomic mass is 32.1. The zero-order valence-electron chi connectivity index (χ0n) is 14.5. The quantitative estimate of drug-likeness (QED) is 0.709. The number of hydrogen-bond donors (Lipinski definition) is 2. The molecule has 1 aliphatic heterocycles. The Bertz CT molecular complexity index is 963. The Balaban J connectivity index is 1.76. The number of ether oxygens (including phenoxy) is 2. The zero-order valence-corrected chi connectivity index (χ0v) is 15.3. The number of rotatable bonds is 5. The number of hydrogen-bond acceptors (Lipinski definition) is 6. The number of imidazole rings is 1. The molecule has 3 aromatic rings. The average molecular weight is 370 g/mol. The molecule has 0 spiro atoms. The van der Waals surface area contributed by atoms with Gasteiger partial charge in [-0.1, -0.05) is 6.92 Å². The number of thiazole rings is 1. The lowest BCUT2D eigenvalue weighted by Crippen LogP contribution is -2.11. The van der Waals surface area contributed by atoms with Crippen molar-refractivity contribution in [1.29, 1.82) is 0 Å². The normalized spacial score (nSPS) is 12.4. The number of anilines is 1. The van der Waals surface area contributed by atoms with E-state index in [1.165, 1.54) is 11.3 Å². The number of H-pyrrole nitrogens is 1. The monoisotopic (exact) mass is 370 g/mol. The highest BCUT2D eigenvalue weighted by Crippen LogP contribution is 2.39. The molecule has 134 valence electrons. The maximum absolute atomic E-state index is 11.9. The second-order valence-corrected chi connectivity index (χ2v) is 6.83. The molecule has 8 heteroatoms. The standard InChI is InChI=1S/C18H18N4O3S/c1-3-4-14(23)20-18-21-15(16(22-18)17-19-10(2)8-26-17)11-5-6-12-13(7-11)25-9-24-12/h5-8H,3-4,9H2,1-2H3,(H2,20,21,22,23). The molecule has 0 fully saturated rings. The number of nitrogens with zero attached hydrogens (tertiary/aromatic N) is 2. The first kappa shape index (κ1) is 16.6. The van der Waals surface area contributed by atoms with E-state index in [2.05, 4.69) is 20.3 Å². The number of amides is 1. The van der Waals surface area contributed by atoms with Crippen molar-refractivity contribution in [3.8, 4) is 33.5 Å². The third-order valence-electron chi connectivity index (χ3n) is 3.92. The van der Waals surface area contributed by atoms with Gasteiger partial charge >= 0.3 is 0 Å². The largest absolute Gasteiger partial charge is 0.454 e. The number of nitrogens with one attached hydrogen (secondary N) is 2. The van der Waals surface area contributed by atoms with E-state index in [1.807, 2.05) is 37.4 Å². The smallest absolute Gasteiger partial charge is 0.231 e. The molecule has 26 heavy (non-hydrogen) atoms. The van der Waals surface area contributed by atoms with E-state index in [4.69, 9.17) is 9.47 Å². The van der Waals surface area contributed by atoms with Gasteiger partial charge in [0.1, 0.15) is 16.4 Å². The van der Waals surface area contributed by atoms with Crippen LogP contribution in [0.5, 0.6) is 11.5 Å². The predicted octanol–water partition coefficient (Wildman–Crippen LogP) is 3.98. The summed E-state index contributed by atoms with van der Waals surface area (Å²) >= 11 is 1.53. The second-order valence-electron chi connectivity index (χ2n) is 5.97. The molecule has 1 aliphatic rings. The van der Waals surface area contributed by atoms with Gasteiger partial charge < -0.3 is 14.5 Å². The van der Waals surface area contributed by atoms with Crippen molar-refractivity contribution in [2.45, 2.75) is 26.7 Å². The van der Waals surface area contributed by atoms with Crippen molar-refractivity contribution in [2.75, 3.05) is 12.1 Å². The van der Waals surface area contributed by atoms with Gasteiger partial charge in [0.05, 0.1) is 0 Å². The Morgan fingerprint density at radius 3 is 2.92 bits per heavy atom. The molecule has 1 aromatic carbocycles. The summed E-state index contributed by atoms with van der Waals surface area (Å²) in [6, 6.07) is 5.67. The molecule has 2 aromatic heterocycles. The van der Waals surface area contributed by atoms with E-state index < -0.39 is 0 Å². The molecule has 2 N–H and O–H groups in total. The lowest BCUT2D eigenvalue weighted by Gasteiger charge is -2.02. The van der Waals surface area contributed by atoms with Crippen LogP contribution in [0.1, 0.15) is 25.5 Å². The minimum absolute atomic E-state index is 0.0691. The molecule has 1 amide bonds. The number of benzene rings is 1. The minimum atomic E-state index is -0.0691. The molecule has 3 heterocycles. The fraction of sp³-hybridized carbons (Fsp3) is 0.278. The Labute approximate surface area is 154 Å². The second kappa shape index (κ2) is 6.80. The van der Waals surface area contributed by atoms with Crippen molar-refractivity contribution in [1.82, 2.24) is 15.0 Å². The molecule has 0 saturated heterocycles. The molecule has 0 bridgehead atoms. The van der Waals surface area contributed by atoms with Gasteiger partial charge in [0.15, 0.2) is 11.5 Å². The summed E-state index contributed by atoms with van der Waals surface area (Å²) in [5.41, 5.74) is 3.29. The van der Waals surface area contributed by atoms with Crippen LogP contribution in [0.2, 0.25) is 0 Å². The molecule has 7 nitrogen and oxygen atoms in total. The maximum Gasteiger partial charge on any atom is 0.231 e. The van der Waals surface area contributed by atoms with E-state index in [0.717, 1.165) is 28.4 Å². The van der Waals surface area contributed by atoms with E-state index in [9.17, 15) is 4.79 Å². The summed E-state index contributed by atoms with van der Waals surface area (Å²) < 4.78 is 10.8. The van der Waals surface area contributed by atoms with Gasteiger partial charge in [0.25, 0.3) is 0 Å². The van der Waals surface area contributed by atoms with Crippen LogP contribution < -0.4 is 14.8 Å². The number of aromatic nitrogens is 3. The van der Waals surface area contributed by atoms with Crippen molar-refractivity contribution in [3.05, 3.63) is 29.3 Å². The van der Waals surface area contributed by atoms with Gasteiger partial charge in [-0.2, -0.15) is 0 Å². The summed E-state index contributed by atoms with van der Waals surface area (Å²) in [6.45, 7) is 4.13. The summed E-state index contributed by atoms with van der Waals surface area (Å²) in [5, 5.41) is 5.62. The zero-order chi connectivity index (χ0) is 18.1. The lowest BCUT2D eigenvalue weighted by atomic mass is 10.1. The van der Waals surface area contributed by atoms with Crippen LogP contribution in [-0.2, 0) is 4.79 Å². The molecular weight excluding hydrogens is 352 g/mol. The van der Waals surface area contributed by atoms with Gasteiger partial charge in [-0.05, 0) is 31.5 Å². The Morgan fingerprint density at radius 2 is 2.15 bits per heavy atom. The Morgan fingerprint density at radius 1 is 1.31 bits per heavy atom. The summed E-state index contributed by atoms with van der Waals surface area (Å²) in [7, 11) is 0. The van der Waals surface area contributed by atoms with Crippen molar-refractivity contribution >= 4 is 23.2 Å². The minimum Gasteiger partial charge on any atom is -0.454 e. The van der Waals surface area contributed by atoms with Crippen LogP contribution >= 0.6 is 11.3 Å². The van der Waals surface area contributed by atoms with Crippen LogP contribution in [0.4, 0.5) is 5.95 Å². The van der Waals surface area contributed by atoms with Crippen molar-refractivity contribution in [3.63, 3.8) is 0 Å². The van der Waals surface area contributed by atoms with E-state index >= 15 is 0 Å². The van der Waals surface area contributed by atoms with Crippen LogP contribution in [0.3, 0.4) is 0 Å². The number of aryl methyl sites for hydroxylation is 1. The number of carbonyl (C=O) groups is 1. The van der Waals surface area contributed by atoms with Crippen LogP contribution in [-0.4, -0.2) is 27.7 Å². The van der Waals surface area contributed by atoms with Crippen LogP contribution in [0.25, 0.3) is 22.0 Å². The molecule has 0 radical (unpaired) electrons. The van der Waals surface area contributed by atoms with Crippen molar-refractivity contribution < 1.29 is 14.3 Å². The number of fused-ring (bicyclic) bond motifs is 1. The fourth-order valence-electron chi connectivity index (χ4n) is 2.73. The van der Waals surface area contributed by atoms with E-state index in [0.29, 0.717) is 29.6 Å². The molecule has 0 unspecified atom stereocenters. The SMILES string of the molecule is CCCC(=O)Nc1nc(-c2ccc3c(c2)OCO3)c(-c2nc(C)cs2)[nH]1. The first-order chi connectivity index (χ1) is 12.6.